The highest BCUT2D eigenvalue weighted by molar-refractivity contribution is 6.06. The number of carbonyl (C=O) groups excluding carboxylic acids is 1. The smallest absolute Gasteiger partial charge is 0.254 e. The molecule has 22 heavy (non-hydrogen) atoms. The highest BCUT2D eigenvalue weighted by Gasteiger charge is 2.20. The van der Waals surface area contributed by atoms with Crippen LogP contribution in [-0.4, -0.2) is 26.0 Å². The van der Waals surface area contributed by atoms with Crippen molar-refractivity contribution in [2.75, 3.05) is 0 Å². The van der Waals surface area contributed by atoms with Crippen LogP contribution >= 0.6 is 0 Å². The Bertz CT molecular complexity index is 809. The van der Waals surface area contributed by atoms with E-state index in [1.807, 2.05) is 6.92 Å². The van der Waals surface area contributed by atoms with Crippen molar-refractivity contribution in [3.8, 4) is 0 Å². The summed E-state index contributed by atoms with van der Waals surface area (Å²) in [6.07, 6.45) is 7.22. The van der Waals surface area contributed by atoms with Gasteiger partial charge in [-0.15, -0.1) is 0 Å². The zero-order valence-electron chi connectivity index (χ0n) is 12.3. The maximum Gasteiger partial charge on any atom is 0.254 e. The molecule has 0 saturated carbocycles. The lowest BCUT2D eigenvalue weighted by atomic mass is 10.1. The lowest BCUT2D eigenvalue weighted by molar-refractivity contribution is 0.0934. The van der Waals surface area contributed by atoms with Crippen LogP contribution < -0.4 is 5.32 Å². The molecule has 0 fully saturated rings. The normalized spacial score (nSPS) is 12.3. The molecule has 0 aliphatic carbocycles. The van der Waals surface area contributed by atoms with Gasteiger partial charge in [-0.05, 0) is 12.5 Å². The second-order valence-corrected chi connectivity index (χ2v) is 4.89. The highest BCUT2D eigenvalue weighted by atomic mass is 16.5. The molecular formula is C15H15N5O2. The molecule has 3 aromatic heterocycles. The predicted octanol–water partition coefficient (Wildman–Crippen LogP) is 2.20. The van der Waals surface area contributed by atoms with Gasteiger partial charge in [0, 0.05) is 42.5 Å². The number of fused-ring (bicyclic) bond motifs is 1. The molecule has 0 radical (unpaired) electrons. The number of aryl methyl sites for hydroxylation is 1. The molecule has 0 aromatic carbocycles. The zero-order chi connectivity index (χ0) is 15.5. The molecule has 1 atom stereocenters. The Labute approximate surface area is 126 Å². The van der Waals surface area contributed by atoms with Crippen LogP contribution in [0.5, 0.6) is 0 Å². The molecule has 0 aliphatic rings. The number of carbonyl (C=O) groups is 1. The molecular weight excluding hydrogens is 282 g/mol. The maximum absolute atomic E-state index is 12.6. The quantitative estimate of drug-likeness (QED) is 0.793. The van der Waals surface area contributed by atoms with Crippen molar-refractivity contribution < 1.29 is 9.32 Å². The van der Waals surface area contributed by atoms with Gasteiger partial charge in [-0.1, -0.05) is 12.1 Å². The summed E-state index contributed by atoms with van der Waals surface area (Å²) in [5, 5.41) is 8.42. The molecule has 3 rings (SSSR count). The molecule has 3 aromatic rings. The van der Waals surface area contributed by atoms with Crippen LogP contribution in [0.3, 0.4) is 0 Å². The van der Waals surface area contributed by atoms with Crippen molar-refractivity contribution in [2.45, 2.75) is 26.3 Å². The minimum atomic E-state index is -0.304. The van der Waals surface area contributed by atoms with Gasteiger partial charge in [0.1, 0.15) is 0 Å². The van der Waals surface area contributed by atoms with E-state index < -0.39 is 0 Å². The molecule has 112 valence electrons. The van der Waals surface area contributed by atoms with E-state index in [0.29, 0.717) is 23.7 Å². The van der Waals surface area contributed by atoms with E-state index in [2.05, 4.69) is 25.4 Å². The first-order chi connectivity index (χ1) is 10.7. The summed E-state index contributed by atoms with van der Waals surface area (Å²) in [5.41, 5.74) is 0.499. The molecule has 1 unspecified atom stereocenters. The highest BCUT2D eigenvalue weighted by Crippen LogP contribution is 2.18. The third-order valence-electron chi connectivity index (χ3n) is 3.37. The SMILES string of the molecule is CCC(NC(=O)c1cncc2cnccc12)c1noc(C)n1. The predicted molar refractivity (Wildman–Crippen MR) is 79.1 cm³/mol. The van der Waals surface area contributed by atoms with E-state index >= 15 is 0 Å². The third-order valence-corrected chi connectivity index (χ3v) is 3.37. The summed E-state index contributed by atoms with van der Waals surface area (Å²) >= 11 is 0. The Morgan fingerprint density at radius 1 is 1.32 bits per heavy atom. The van der Waals surface area contributed by atoms with Crippen LogP contribution in [-0.2, 0) is 0 Å². The number of rotatable bonds is 4. The Morgan fingerprint density at radius 3 is 2.86 bits per heavy atom. The zero-order valence-corrected chi connectivity index (χ0v) is 12.3. The first-order valence-corrected chi connectivity index (χ1v) is 6.98. The van der Waals surface area contributed by atoms with Gasteiger partial charge in [0.05, 0.1) is 11.6 Å². The van der Waals surface area contributed by atoms with E-state index in [-0.39, 0.29) is 11.9 Å². The summed E-state index contributed by atoms with van der Waals surface area (Å²) in [7, 11) is 0. The minimum Gasteiger partial charge on any atom is -0.342 e. The third kappa shape index (κ3) is 2.65. The second kappa shape index (κ2) is 5.88. The summed E-state index contributed by atoms with van der Waals surface area (Å²) in [6.45, 7) is 3.66. The fourth-order valence-corrected chi connectivity index (χ4v) is 2.24. The van der Waals surface area contributed by atoms with E-state index in [1.165, 1.54) is 0 Å². The van der Waals surface area contributed by atoms with Crippen molar-refractivity contribution in [1.29, 1.82) is 0 Å². The van der Waals surface area contributed by atoms with Crippen molar-refractivity contribution in [3.63, 3.8) is 0 Å². The topological polar surface area (TPSA) is 93.8 Å². The molecule has 0 aliphatic heterocycles. The average Bonchev–Trinajstić information content (AvgIpc) is 2.98. The van der Waals surface area contributed by atoms with Crippen LogP contribution in [0.4, 0.5) is 0 Å². The van der Waals surface area contributed by atoms with Crippen molar-refractivity contribution in [2.24, 2.45) is 0 Å². The van der Waals surface area contributed by atoms with Gasteiger partial charge in [0.15, 0.2) is 5.82 Å². The van der Waals surface area contributed by atoms with Crippen LogP contribution in [0.2, 0.25) is 0 Å². The second-order valence-electron chi connectivity index (χ2n) is 4.89. The van der Waals surface area contributed by atoms with Crippen LogP contribution in [0.15, 0.2) is 35.4 Å². The van der Waals surface area contributed by atoms with Crippen LogP contribution in [0.25, 0.3) is 10.8 Å². The summed E-state index contributed by atoms with van der Waals surface area (Å²) < 4.78 is 4.97. The maximum atomic E-state index is 12.6. The summed E-state index contributed by atoms with van der Waals surface area (Å²) in [4.78, 5) is 24.9. The molecule has 3 heterocycles. The number of hydrogen-bond acceptors (Lipinski definition) is 6. The molecule has 7 nitrogen and oxygen atoms in total. The fourth-order valence-electron chi connectivity index (χ4n) is 2.24. The van der Waals surface area contributed by atoms with Gasteiger partial charge in [-0.3, -0.25) is 14.8 Å². The number of nitrogens with zero attached hydrogens (tertiary/aromatic N) is 4. The molecule has 7 heteroatoms. The molecule has 1 amide bonds. The fraction of sp³-hybridized carbons (Fsp3) is 0.267. The van der Waals surface area contributed by atoms with E-state index in [0.717, 1.165) is 10.8 Å². The van der Waals surface area contributed by atoms with Gasteiger partial charge in [0.25, 0.3) is 5.91 Å². The lowest BCUT2D eigenvalue weighted by Gasteiger charge is -2.14. The number of pyridine rings is 2. The van der Waals surface area contributed by atoms with Gasteiger partial charge in [-0.2, -0.15) is 4.98 Å². The Morgan fingerprint density at radius 2 is 2.14 bits per heavy atom. The standard InChI is InChI=1S/C15H15N5O2/c1-3-13(14-18-9(2)22-20-14)19-15(21)12-8-17-7-10-6-16-5-4-11(10)12/h4-8,13H,3H2,1-2H3,(H,19,21). The molecule has 0 spiro atoms. The lowest BCUT2D eigenvalue weighted by Crippen LogP contribution is -2.29. The van der Waals surface area contributed by atoms with Crippen molar-refractivity contribution >= 4 is 16.7 Å². The molecule has 1 N–H and O–H groups in total. The van der Waals surface area contributed by atoms with Gasteiger partial charge >= 0.3 is 0 Å². The van der Waals surface area contributed by atoms with E-state index in [9.17, 15) is 4.79 Å². The summed E-state index contributed by atoms with van der Waals surface area (Å²) in [5.74, 6) is 0.724. The number of hydrogen-bond donors (Lipinski definition) is 1. The first-order valence-electron chi connectivity index (χ1n) is 6.98. The Kier molecular flexibility index (Phi) is 3.78. The monoisotopic (exact) mass is 297 g/mol. The average molecular weight is 297 g/mol. The van der Waals surface area contributed by atoms with Gasteiger partial charge < -0.3 is 9.84 Å². The van der Waals surface area contributed by atoms with E-state index in [1.54, 1.807) is 37.8 Å². The van der Waals surface area contributed by atoms with Crippen molar-refractivity contribution in [1.82, 2.24) is 25.4 Å². The summed E-state index contributed by atoms with van der Waals surface area (Å²) in [6, 6.07) is 1.49. The van der Waals surface area contributed by atoms with E-state index in [4.69, 9.17) is 4.52 Å². The molecule has 0 saturated heterocycles. The first kappa shape index (κ1) is 14.1. The van der Waals surface area contributed by atoms with Crippen molar-refractivity contribution in [3.05, 3.63) is 48.1 Å². The largest absolute Gasteiger partial charge is 0.342 e. The van der Waals surface area contributed by atoms with Crippen LogP contribution in [0, 0.1) is 6.92 Å². The van der Waals surface area contributed by atoms with Gasteiger partial charge in [0.2, 0.25) is 5.89 Å². The van der Waals surface area contributed by atoms with Crippen LogP contribution in [0.1, 0.15) is 41.5 Å². The van der Waals surface area contributed by atoms with Gasteiger partial charge in [-0.25, -0.2) is 0 Å². The molecule has 0 bridgehead atoms. The Hall–Kier alpha value is -2.83. The Balaban J connectivity index is 1.89. The number of aromatic nitrogens is 4. The minimum absolute atomic E-state index is 0.224. The number of nitrogens with one attached hydrogen (secondary N) is 1. The number of amides is 1.